The lowest BCUT2D eigenvalue weighted by atomic mass is 9.92. The number of urea groups is 1. The molecular formula is C16H30N2O3S. The summed E-state index contributed by atoms with van der Waals surface area (Å²) in [6.45, 7) is 1.97. The van der Waals surface area contributed by atoms with Crippen molar-refractivity contribution in [3.63, 3.8) is 0 Å². The zero-order chi connectivity index (χ0) is 15.9. The highest BCUT2D eigenvalue weighted by atomic mass is 32.2. The molecular weight excluding hydrogens is 300 g/mol. The summed E-state index contributed by atoms with van der Waals surface area (Å²) in [6.07, 6.45) is 8.35. The number of amides is 2. The molecule has 0 aliphatic heterocycles. The minimum absolute atomic E-state index is 0.0955. The van der Waals surface area contributed by atoms with Crippen LogP contribution in [0.5, 0.6) is 0 Å². The largest absolute Gasteiger partial charge is 0.379 e. The van der Waals surface area contributed by atoms with Gasteiger partial charge in [-0.3, -0.25) is 4.21 Å². The molecule has 2 amide bonds. The minimum Gasteiger partial charge on any atom is -0.379 e. The SMILES string of the molecule is CC[S@](=O)[C@@H]1CCC[C@H](NC(=O)N[C@H]2CCCC[C@@H]2OC)C1. The average Bonchev–Trinajstić information content (AvgIpc) is 2.54. The number of hydrogen-bond acceptors (Lipinski definition) is 3. The average molecular weight is 330 g/mol. The van der Waals surface area contributed by atoms with Crippen LogP contribution in [0.1, 0.15) is 58.3 Å². The monoisotopic (exact) mass is 330 g/mol. The maximum Gasteiger partial charge on any atom is 0.315 e. The van der Waals surface area contributed by atoms with Gasteiger partial charge in [-0.15, -0.1) is 0 Å². The van der Waals surface area contributed by atoms with Gasteiger partial charge < -0.3 is 15.4 Å². The standard InChI is InChI=1S/C16H30N2O3S/c1-3-22(20)13-8-6-7-12(11-13)17-16(19)18-14-9-4-5-10-15(14)21-2/h12-15H,3-11H2,1-2H3,(H2,17,18,19)/t12-,13+,14-,15-,22-/m0/s1. The molecule has 6 heteroatoms. The number of carbonyl (C=O) groups is 1. The third-order valence-electron chi connectivity index (χ3n) is 4.94. The van der Waals surface area contributed by atoms with Crippen molar-refractivity contribution in [1.29, 1.82) is 0 Å². The third-order valence-corrected chi connectivity index (χ3v) is 6.68. The fourth-order valence-electron chi connectivity index (χ4n) is 3.69. The Labute approximate surface area is 136 Å². The Kier molecular flexibility index (Phi) is 7.15. The summed E-state index contributed by atoms with van der Waals surface area (Å²) in [6, 6.07) is 0.170. The Morgan fingerprint density at radius 2 is 1.91 bits per heavy atom. The molecule has 2 aliphatic rings. The van der Waals surface area contributed by atoms with Crippen LogP contribution in [0.25, 0.3) is 0 Å². The molecule has 2 rings (SSSR count). The summed E-state index contributed by atoms with van der Waals surface area (Å²) in [7, 11) is 0.963. The second kappa shape index (κ2) is 8.87. The molecule has 5 atom stereocenters. The zero-order valence-corrected chi connectivity index (χ0v) is 14.6. The van der Waals surface area contributed by atoms with Crippen LogP contribution in [-0.4, -0.2) is 46.5 Å². The summed E-state index contributed by atoms with van der Waals surface area (Å²) in [5.74, 6) is 0.710. The van der Waals surface area contributed by atoms with Crippen LogP contribution in [0, 0.1) is 0 Å². The Bertz CT molecular complexity index is 392. The first-order valence-electron chi connectivity index (χ1n) is 8.61. The maximum absolute atomic E-state index is 12.2. The van der Waals surface area contributed by atoms with Gasteiger partial charge in [0.2, 0.25) is 0 Å². The minimum atomic E-state index is -0.754. The van der Waals surface area contributed by atoms with Gasteiger partial charge >= 0.3 is 6.03 Å². The predicted molar refractivity (Wildman–Crippen MR) is 89.4 cm³/mol. The lowest BCUT2D eigenvalue weighted by molar-refractivity contribution is 0.0450. The highest BCUT2D eigenvalue weighted by Gasteiger charge is 2.29. The van der Waals surface area contributed by atoms with E-state index in [1.165, 1.54) is 6.42 Å². The molecule has 0 radical (unpaired) electrons. The Morgan fingerprint density at radius 3 is 2.64 bits per heavy atom. The number of rotatable bonds is 5. The van der Waals surface area contributed by atoms with E-state index in [0.717, 1.165) is 44.9 Å². The van der Waals surface area contributed by atoms with Gasteiger partial charge in [0.1, 0.15) is 0 Å². The summed E-state index contributed by atoms with van der Waals surface area (Å²) >= 11 is 0. The summed E-state index contributed by atoms with van der Waals surface area (Å²) < 4.78 is 17.4. The summed E-state index contributed by atoms with van der Waals surface area (Å²) in [5.41, 5.74) is 0. The predicted octanol–water partition coefficient (Wildman–Crippen LogP) is 2.32. The van der Waals surface area contributed by atoms with Crippen molar-refractivity contribution in [2.75, 3.05) is 12.9 Å². The maximum atomic E-state index is 12.2. The highest BCUT2D eigenvalue weighted by molar-refractivity contribution is 7.85. The van der Waals surface area contributed by atoms with Gasteiger partial charge in [-0.05, 0) is 32.1 Å². The number of carbonyl (C=O) groups excluding carboxylic acids is 1. The van der Waals surface area contributed by atoms with Crippen LogP contribution in [-0.2, 0) is 15.5 Å². The lowest BCUT2D eigenvalue weighted by Gasteiger charge is -2.33. The van der Waals surface area contributed by atoms with E-state index in [-0.39, 0.29) is 29.5 Å². The molecule has 2 fully saturated rings. The van der Waals surface area contributed by atoms with Gasteiger partial charge in [-0.2, -0.15) is 0 Å². The molecule has 0 unspecified atom stereocenters. The fourth-order valence-corrected chi connectivity index (χ4v) is 5.04. The quantitative estimate of drug-likeness (QED) is 0.813. The van der Waals surface area contributed by atoms with Crippen LogP contribution >= 0.6 is 0 Å². The molecule has 0 saturated heterocycles. The number of ether oxygens (including phenoxy) is 1. The fraction of sp³-hybridized carbons (Fsp3) is 0.938. The van der Waals surface area contributed by atoms with Crippen molar-refractivity contribution in [3.8, 4) is 0 Å². The first-order valence-corrected chi connectivity index (χ1v) is 9.99. The van der Waals surface area contributed by atoms with Crippen LogP contribution in [0.2, 0.25) is 0 Å². The molecule has 2 saturated carbocycles. The van der Waals surface area contributed by atoms with E-state index >= 15 is 0 Å². The first kappa shape index (κ1) is 17.7. The second-order valence-corrected chi connectivity index (χ2v) is 8.44. The summed E-state index contributed by atoms with van der Waals surface area (Å²) in [4.78, 5) is 12.2. The molecule has 22 heavy (non-hydrogen) atoms. The normalized spacial score (nSPS) is 33.9. The van der Waals surface area contributed by atoms with Crippen molar-refractivity contribution in [2.24, 2.45) is 0 Å². The van der Waals surface area contributed by atoms with E-state index in [1.54, 1.807) is 7.11 Å². The molecule has 0 aromatic heterocycles. The van der Waals surface area contributed by atoms with Crippen LogP contribution in [0.15, 0.2) is 0 Å². The molecule has 0 heterocycles. The van der Waals surface area contributed by atoms with E-state index in [1.807, 2.05) is 6.92 Å². The van der Waals surface area contributed by atoms with E-state index in [4.69, 9.17) is 4.74 Å². The van der Waals surface area contributed by atoms with Gasteiger partial charge in [-0.25, -0.2) is 4.79 Å². The molecule has 2 N–H and O–H groups in total. The Balaban J connectivity index is 1.79. The van der Waals surface area contributed by atoms with Crippen LogP contribution < -0.4 is 10.6 Å². The Hall–Kier alpha value is -0.620. The third kappa shape index (κ3) is 4.95. The van der Waals surface area contributed by atoms with Gasteiger partial charge in [0.05, 0.1) is 12.1 Å². The van der Waals surface area contributed by atoms with E-state index < -0.39 is 10.8 Å². The molecule has 2 aliphatic carbocycles. The number of nitrogens with one attached hydrogen (secondary N) is 2. The molecule has 5 nitrogen and oxygen atoms in total. The van der Waals surface area contributed by atoms with Crippen molar-refractivity contribution >= 4 is 16.8 Å². The molecule has 0 aromatic carbocycles. The highest BCUT2D eigenvalue weighted by Crippen LogP contribution is 2.23. The van der Waals surface area contributed by atoms with Gasteiger partial charge in [0, 0.05) is 35.0 Å². The molecule has 128 valence electrons. The van der Waals surface area contributed by atoms with Crippen molar-refractivity contribution < 1.29 is 13.7 Å². The molecule has 0 spiro atoms. The Morgan fingerprint density at radius 1 is 1.14 bits per heavy atom. The topological polar surface area (TPSA) is 67.4 Å². The smallest absolute Gasteiger partial charge is 0.315 e. The molecule has 0 bridgehead atoms. The number of hydrogen-bond donors (Lipinski definition) is 2. The van der Waals surface area contributed by atoms with Crippen molar-refractivity contribution in [3.05, 3.63) is 0 Å². The number of methoxy groups -OCH3 is 1. The molecule has 0 aromatic rings. The zero-order valence-electron chi connectivity index (χ0n) is 13.8. The van der Waals surface area contributed by atoms with Crippen molar-refractivity contribution in [1.82, 2.24) is 10.6 Å². The van der Waals surface area contributed by atoms with E-state index in [0.29, 0.717) is 5.75 Å². The van der Waals surface area contributed by atoms with E-state index in [2.05, 4.69) is 10.6 Å². The first-order chi connectivity index (χ1) is 10.6. The van der Waals surface area contributed by atoms with Crippen LogP contribution in [0.4, 0.5) is 4.79 Å². The second-order valence-electron chi connectivity index (χ2n) is 6.44. The van der Waals surface area contributed by atoms with Crippen molar-refractivity contribution in [2.45, 2.75) is 81.7 Å². The lowest BCUT2D eigenvalue weighted by Crippen LogP contribution is -2.52. The summed E-state index contributed by atoms with van der Waals surface area (Å²) in [5, 5.41) is 6.40. The van der Waals surface area contributed by atoms with Gasteiger partial charge in [0.25, 0.3) is 0 Å². The van der Waals surface area contributed by atoms with Crippen LogP contribution in [0.3, 0.4) is 0 Å². The van der Waals surface area contributed by atoms with Gasteiger partial charge in [0.15, 0.2) is 0 Å². The van der Waals surface area contributed by atoms with Gasteiger partial charge in [-0.1, -0.05) is 26.2 Å². The van der Waals surface area contributed by atoms with E-state index in [9.17, 15) is 9.00 Å².